The van der Waals surface area contributed by atoms with Gasteiger partial charge >= 0.3 is 41.6 Å². The van der Waals surface area contributed by atoms with Crippen LogP contribution in [0.2, 0.25) is 5.02 Å². The van der Waals surface area contributed by atoms with Crippen LogP contribution in [-0.4, -0.2) is 30.9 Å². The van der Waals surface area contributed by atoms with Gasteiger partial charge in [-0.2, -0.15) is 0 Å². The second-order valence-electron chi connectivity index (χ2n) is 5.62. The minimum atomic E-state index is -1.25. The van der Waals surface area contributed by atoms with Crippen molar-refractivity contribution in [1.82, 2.24) is 5.32 Å². The quantitative estimate of drug-likeness (QED) is 0.315. The van der Waals surface area contributed by atoms with Crippen molar-refractivity contribution < 1.29 is 58.5 Å². The van der Waals surface area contributed by atoms with Crippen molar-refractivity contribution in [2.75, 3.05) is 6.54 Å². The fourth-order valence-corrected chi connectivity index (χ4v) is 2.32. The first-order valence-corrected chi connectivity index (χ1v) is 8.85. The molecule has 1 aromatic rings. The van der Waals surface area contributed by atoms with Crippen LogP contribution < -0.4 is 40.0 Å². The Labute approximate surface area is 186 Å². The van der Waals surface area contributed by atoms with Gasteiger partial charge in [0.2, 0.25) is 6.29 Å². The number of halogens is 1. The Kier molecular flexibility index (Phi) is 13.2. The fourth-order valence-electron chi connectivity index (χ4n) is 2.20. The number of hydrogen-bond acceptors (Lipinski definition) is 6. The zero-order chi connectivity index (χ0) is 19.5. The maximum atomic E-state index is 11.8. The number of amides is 1. The summed E-state index contributed by atoms with van der Waals surface area (Å²) in [6, 6.07) is 6.37. The van der Waals surface area contributed by atoms with Crippen LogP contribution in [-0.2, 0) is 19.1 Å². The Morgan fingerprint density at radius 3 is 2.30 bits per heavy atom. The predicted octanol–water partition coefficient (Wildman–Crippen LogP) is -0.627. The third kappa shape index (κ3) is 10.0. The maximum Gasteiger partial charge on any atom is 1.00 e. The number of ether oxygens (including phenoxy) is 2. The Morgan fingerprint density at radius 2 is 1.78 bits per heavy atom. The molecule has 0 radical (unpaired) electrons. The van der Waals surface area contributed by atoms with E-state index in [1.54, 1.807) is 31.2 Å². The second kappa shape index (κ2) is 13.8. The van der Waals surface area contributed by atoms with E-state index in [2.05, 4.69) is 5.32 Å². The molecule has 2 unspecified atom stereocenters. The minimum absolute atomic E-state index is 0. The van der Waals surface area contributed by atoms with E-state index < -0.39 is 30.2 Å². The van der Waals surface area contributed by atoms with Gasteiger partial charge in [-0.25, -0.2) is 4.79 Å². The van der Waals surface area contributed by atoms with Gasteiger partial charge in [0.05, 0.1) is 0 Å². The SMILES string of the molecule is CCCC(=O)OC(CC)OC(=O)NCCC(C(=O)[O-])c1ccc(Cl)cc1.[Na+]. The molecule has 1 N–H and O–H groups in total. The molecule has 0 aliphatic carbocycles. The number of carboxylic acids is 1. The van der Waals surface area contributed by atoms with E-state index in [0.29, 0.717) is 23.4 Å². The number of carbonyl (C=O) groups excluding carboxylic acids is 3. The molecule has 0 aliphatic heterocycles. The zero-order valence-corrected chi connectivity index (χ0v) is 18.6. The van der Waals surface area contributed by atoms with Crippen molar-refractivity contribution in [2.45, 2.75) is 51.7 Å². The monoisotopic (exact) mass is 407 g/mol. The normalized spacial score (nSPS) is 12.3. The minimum Gasteiger partial charge on any atom is -0.549 e. The molecule has 0 saturated heterocycles. The molecule has 0 fully saturated rings. The molecule has 9 heteroatoms. The van der Waals surface area contributed by atoms with E-state index in [1.807, 2.05) is 6.92 Å². The first kappa shape index (κ1) is 25.7. The molecule has 0 aromatic heterocycles. The number of nitrogens with one attached hydrogen (secondary N) is 1. The van der Waals surface area contributed by atoms with Crippen molar-refractivity contribution in [2.24, 2.45) is 0 Å². The number of carboxylic acid groups (broad SMARTS) is 1. The predicted molar refractivity (Wildman–Crippen MR) is 93.4 cm³/mol. The van der Waals surface area contributed by atoms with Crippen molar-refractivity contribution in [3.05, 3.63) is 34.9 Å². The van der Waals surface area contributed by atoms with Gasteiger partial charge in [-0.1, -0.05) is 37.6 Å². The largest absolute Gasteiger partial charge is 1.00 e. The number of rotatable bonds is 10. The van der Waals surface area contributed by atoms with E-state index in [-0.39, 0.29) is 48.9 Å². The van der Waals surface area contributed by atoms with Gasteiger partial charge in [0.15, 0.2) is 0 Å². The summed E-state index contributed by atoms with van der Waals surface area (Å²) in [5.74, 6) is -2.58. The summed E-state index contributed by atoms with van der Waals surface area (Å²) >= 11 is 5.79. The Morgan fingerprint density at radius 1 is 1.15 bits per heavy atom. The van der Waals surface area contributed by atoms with Crippen LogP contribution in [0.25, 0.3) is 0 Å². The molecule has 1 aromatic carbocycles. The first-order valence-electron chi connectivity index (χ1n) is 8.47. The van der Waals surface area contributed by atoms with Crippen LogP contribution in [0.5, 0.6) is 0 Å². The van der Waals surface area contributed by atoms with Gasteiger partial charge in [0.25, 0.3) is 0 Å². The molecule has 0 aliphatic rings. The summed E-state index contributed by atoms with van der Waals surface area (Å²) in [5.41, 5.74) is 0.532. The summed E-state index contributed by atoms with van der Waals surface area (Å²) in [7, 11) is 0. The molecular formula is C18H23ClNNaO6. The van der Waals surface area contributed by atoms with Crippen molar-refractivity contribution in [3.63, 3.8) is 0 Å². The smallest absolute Gasteiger partial charge is 0.549 e. The zero-order valence-electron chi connectivity index (χ0n) is 15.8. The van der Waals surface area contributed by atoms with Crippen molar-refractivity contribution >= 4 is 29.6 Å². The average Bonchev–Trinajstić information content (AvgIpc) is 2.59. The van der Waals surface area contributed by atoms with E-state index >= 15 is 0 Å². The molecule has 7 nitrogen and oxygen atoms in total. The molecule has 0 heterocycles. The Hall–Kier alpha value is -1.28. The molecule has 144 valence electrons. The Bertz CT molecular complexity index is 610. The number of hydrogen-bond donors (Lipinski definition) is 1. The van der Waals surface area contributed by atoms with Gasteiger partial charge in [-0.15, -0.1) is 0 Å². The van der Waals surface area contributed by atoms with Crippen LogP contribution in [0.1, 0.15) is 51.0 Å². The number of aliphatic carboxylic acids is 1. The van der Waals surface area contributed by atoms with Gasteiger partial charge in [0, 0.05) is 36.3 Å². The number of benzene rings is 1. The number of carbonyl (C=O) groups is 3. The molecular weight excluding hydrogens is 385 g/mol. The van der Waals surface area contributed by atoms with E-state index in [1.165, 1.54) is 0 Å². The molecule has 1 rings (SSSR count). The molecule has 27 heavy (non-hydrogen) atoms. The topological polar surface area (TPSA) is 105 Å². The summed E-state index contributed by atoms with van der Waals surface area (Å²) in [4.78, 5) is 34.5. The van der Waals surface area contributed by atoms with Gasteiger partial charge in [-0.3, -0.25) is 4.79 Å². The van der Waals surface area contributed by atoms with E-state index in [0.717, 1.165) is 0 Å². The first-order chi connectivity index (χ1) is 12.4. The molecule has 2 atom stereocenters. The van der Waals surface area contributed by atoms with Crippen LogP contribution in [0.3, 0.4) is 0 Å². The van der Waals surface area contributed by atoms with Gasteiger partial charge in [-0.05, 0) is 30.5 Å². The standard InChI is InChI=1S/C18H24ClNO6.Na/c1-3-5-15(21)25-16(4-2)26-18(24)20-11-10-14(17(22)23)12-6-8-13(19)9-7-12;/h6-9,14,16H,3-5,10-11H2,1-2H3,(H,20,24)(H,22,23);/q;+1/p-1. The van der Waals surface area contributed by atoms with Crippen LogP contribution in [0.4, 0.5) is 4.79 Å². The molecule has 0 saturated carbocycles. The summed E-state index contributed by atoms with van der Waals surface area (Å²) in [6.45, 7) is 3.60. The van der Waals surface area contributed by atoms with E-state index in [9.17, 15) is 19.5 Å². The molecule has 0 spiro atoms. The van der Waals surface area contributed by atoms with Crippen LogP contribution >= 0.6 is 11.6 Å². The second-order valence-corrected chi connectivity index (χ2v) is 6.06. The number of esters is 1. The third-order valence-electron chi connectivity index (χ3n) is 3.55. The van der Waals surface area contributed by atoms with Gasteiger partial charge in [0.1, 0.15) is 0 Å². The van der Waals surface area contributed by atoms with Crippen LogP contribution in [0, 0.1) is 0 Å². The maximum absolute atomic E-state index is 11.8. The fraction of sp³-hybridized carbons (Fsp3) is 0.500. The molecule has 1 amide bonds. The van der Waals surface area contributed by atoms with Crippen LogP contribution in [0.15, 0.2) is 24.3 Å². The Balaban J connectivity index is 0.00000676. The van der Waals surface area contributed by atoms with Crippen molar-refractivity contribution in [3.8, 4) is 0 Å². The van der Waals surface area contributed by atoms with E-state index in [4.69, 9.17) is 21.1 Å². The summed E-state index contributed by atoms with van der Waals surface area (Å²) in [5, 5.41) is 14.3. The van der Waals surface area contributed by atoms with Gasteiger partial charge < -0.3 is 24.7 Å². The summed E-state index contributed by atoms with van der Waals surface area (Å²) < 4.78 is 10.0. The van der Waals surface area contributed by atoms with Crippen molar-refractivity contribution in [1.29, 1.82) is 0 Å². The summed E-state index contributed by atoms with van der Waals surface area (Å²) in [6.07, 6.45) is -0.440. The third-order valence-corrected chi connectivity index (χ3v) is 3.80. The average molecular weight is 408 g/mol. The number of alkyl carbamates (subject to hydrolysis) is 1. The molecule has 0 bridgehead atoms.